The Hall–Kier alpha value is -2.86. The third-order valence-electron chi connectivity index (χ3n) is 4.53. The van der Waals surface area contributed by atoms with Gasteiger partial charge in [-0.15, -0.1) is 0 Å². The molecule has 26 heavy (non-hydrogen) atoms. The standard InChI is InChI=1S/C20H18N2O3S/c1-2-4-13-7-9-14(10-8-13)22-26(24,25)18-12-11-17-19-15(18)5-3-6-16(19)20(23)21-17/h3,5-12,22H,2,4H2,1H3,(H,21,23). The highest BCUT2D eigenvalue weighted by molar-refractivity contribution is 7.93. The number of anilines is 2. The average Bonchev–Trinajstić information content (AvgIpc) is 2.95. The SMILES string of the molecule is CCCc1ccc(NS(=O)(=O)c2ccc3c4c(cccc24)C(=O)N3)cc1. The Labute approximate surface area is 152 Å². The lowest BCUT2D eigenvalue weighted by molar-refractivity contribution is 0.103. The van der Waals surface area contributed by atoms with Crippen LogP contribution in [0.1, 0.15) is 29.3 Å². The minimum Gasteiger partial charge on any atom is -0.321 e. The summed E-state index contributed by atoms with van der Waals surface area (Å²) in [6.45, 7) is 2.10. The van der Waals surface area contributed by atoms with Gasteiger partial charge in [-0.2, -0.15) is 0 Å². The summed E-state index contributed by atoms with van der Waals surface area (Å²) >= 11 is 0. The molecule has 4 rings (SSSR count). The van der Waals surface area contributed by atoms with Gasteiger partial charge in [0.25, 0.3) is 15.9 Å². The largest absolute Gasteiger partial charge is 0.321 e. The van der Waals surface area contributed by atoms with Gasteiger partial charge in [0.2, 0.25) is 0 Å². The number of carbonyl (C=O) groups is 1. The molecule has 0 aliphatic carbocycles. The fourth-order valence-corrected chi connectivity index (χ4v) is 4.60. The van der Waals surface area contributed by atoms with Gasteiger partial charge in [0, 0.05) is 27.7 Å². The highest BCUT2D eigenvalue weighted by atomic mass is 32.2. The van der Waals surface area contributed by atoms with E-state index in [-0.39, 0.29) is 10.8 Å². The van der Waals surface area contributed by atoms with Gasteiger partial charge in [-0.1, -0.05) is 37.6 Å². The lowest BCUT2D eigenvalue weighted by Gasteiger charge is -2.12. The van der Waals surface area contributed by atoms with Gasteiger partial charge in [-0.3, -0.25) is 9.52 Å². The van der Waals surface area contributed by atoms with Crippen LogP contribution < -0.4 is 10.0 Å². The van der Waals surface area contributed by atoms with E-state index >= 15 is 0 Å². The first-order chi connectivity index (χ1) is 12.5. The number of aryl methyl sites for hydroxylation is 1. The second-order valence-electron chi connectivity index (χ2n) is 6.35. The number of benzene rings is 3. The molecule has 0 atom stereocenters. The van der Waals surface area contributed by atoms with E-state index in [1.165, 1.54) is 11.6 Å². The molecule has 3 aromatic carbocycles. The molecule has 1 amide bonds. The van der Waals surface area contributed by atoms with Crippen molar-refractivity contribution in [3.05, 3.63) is 65.7 Å². The molecule has 1 aliphatic rings. The summed E-state index contributed by atoms with van der Waals surface area (Å²) in [7, 11) is -3.78. The molecule has 1 heterocycles. The molecule has 1 aliphatic heterocycles. The predicted molar refractivity (Wildman–Crippen MR) is 103 cm³/mol. The lowest BCUT2D eigenvalue weighted by atomic mass is 10.1. The Morgan fingerprint density at radius 2 is 1.77 bits per heavy atom. The molecule has 0 radical (unpaired) electrons. The number of sulfonamides is 1. The van der Waals surface area contributed by atoms with E-state index in [0.717, 1.165) is 12.8 Å². The Morgan fingerprint density at radius 1 is 1.00 bits per heavy atom. The van der Waals surface area contributed by atoms with Gasteiger partial charge in [0.1, 0.15) is 0 Å². The lowest BCUT2D eigenvalue weighted by Crippen LogP contribution is -2.13. The van der Waals surface area contributed by atoms with Gasteiger partial charge >= 0.3 is 0 Å². The molecule has 0 saturated heterocycles. The van der Waals surface area contributed by atoms with E-state index in [0.29, 0.717) is 27.7 Å². The Bertz CT molecular complexity index is 1120. The normalized spacial score (nSPS) is 13.0. The van der Waals surface area contributed by atoms with E-state index in [4.69, 9.17) is 0 Å². The van der Waals surface area contributed by atoms with E-state index in [1.807, 2.05) is 12.1 Å². The summed E-state index contributed by atoms with van der Waals surface area (Å²) < 4.78 is 28.5. The molecule has 3 aromatic rings. The van der Waals surface area contributed by atoms with Crippen LogP contribution in [0.3, 0.4) is 0 Å². The Balaban J connectivity index is 1.75. The topological polar surface area (TPSA) is 75.3 Å². The zero-order valence-electron chi connectivity index (χ0n) is 14.2. The number of hydrogen-bond acceptors (Lipinski definition) is 3. The summed E-state index contributed by atoms with van der Waals surface area (Å²) in [5.41, 5.74) is 2.83. The molecule has 0 saturated carbocycles. The molecule has 6 heteroatoms. The first-order valence-electron chi connectivity index (χ1n) is 8.48. The van der Waals surface area contributed by atoms with Gasteiger partial charge in [0.15, 0.2) is 0 Å². The fourth-order valence-electron chi connectivity index (χ4n) is 3.34. The average molecular weight is 366 g/mol. The second kappa shape index (κ2) is 6.14. The zero-order chi connectivity index (χ0) is 18.3. The summed E-state index contributed by atoms with van der Waals surface area (Å²) in [4.78, 5) is 12.2. The van der Waals surface area contributed by atoms with Gasteiger partial charge in [-0.25, -0.2) is 8.42 Å². The molecule has 2 N–H and O–H groups in total. The van der Waals surface area contributed by atoms with E-state index < -0.39 is 10.0 Å². The van der Waals surface area contributed by atoms with Crippen molar-refractivity contribution in [2.24, 2.45) is 0 Å². The fraction of sp³-hybridized carbons (Fsp3) is 0.150. The van der Waals surface area contributed by atoms with Crippen molar-refractivity contribution in [3.8, 4) is 0 Å². The van der Waals surface area contributed by atoms with Crippen molar-refractivity contribution in [1.29, 1.82) is 0 Å². The maximum Gasteiger partial charge on any atom is 0.262 e. The molecule has 0 bridgehead atoms. The van der Waals surface area contributed by atoms with Crippen molar-refractivity contribution in [1.82, 2.24) is 0 Å². The smallest absolute Gasteiger partial charge is 0.262 e. The van der Waals surface area contributed by atoms with Crippen molar-refractivity contribution in [3.63, 3.8) is 0 Å². The van der Waals surface area contributed by atoms with Crippen molar-refractivity contribution in [2.45, 2.75) is 24.7 Å². The van der Waals surface area contributed by atoms with E-state index in [2.05, 4.69) is 17.0 Å². The van der Waals surface area contributed by atoms with Crippen LogP contribution in [-0.2, 0) is 16.4 Å². The maximum absolute atomic E-state index is 12.9. The van der Waals surface area contributed by atoms with E-state index in [1.54, 1.807) is 36.4 Å². The highest BCUT2D eigenvalue weighted by Crippen LogP contribution is 2.36. The third-order valence-corrected chi connectivity index (χ3v) is 5.97. The third kappa shape index (κ3) is 2.72. The molecular weight excluding hydrogens is 348 g/mol. The van der Waals surface area contributed by atoms with Crippen molar-refractivity contribution in [2.75, 3.05) is 10.0 Å². The van der Waals surface area contributed by atoms with Crippen molar-refractivity contribution < 1.29 is 13.2 Å². The minimum absolute atomic E-state index is 0.159. The van der Waals surface area contributed by atoms with Crippen LogP contribution in [0.25, 0.3) is 10.8 Å². The van der Waals surface area contributed by atoms with Gasteiger partial charge in [-0.05, 0) is 42.3 Å². The number of rotatable bonds is 5. The van der Waals surface area contributed by atoms with E-state index in [9.17, 15) is 13.2 Å². The molecule has 0 spiro atoms. The van der Waals surface area contributed by atoms with Crippen LogP contribution in [-0.4, -0.2) is 14.3 Å². The molecule has 132 valence electrons. The second-order valence-corrected chi connectivity index (χ2v) is 8.00. The van der Waals surface area contributed by atoms with Crippen LogP contribution in [0.5, 0.6) is 0 Å². The monoisotopic (exact) mass is 366 g/mol. The van der Waals surface area contributed by atoms with Gasteiger partial charge in [0.05, 0.1) is 4.90 Å². The Morgan fingerprint density at radius 3 is 2.50 bits per heavy atom. The summed E-state index contributed by atoms with van der Waals surface area (Å²) in [5, 5.41) is 3.95. The molecular formula is C20H18N2O3S. The zero-order valence-corrected chi connectivity index (χ0v) is 15.1. The number of nitrogens with one attached hydrogen (secondary N) is 2. The number of carbonyl (C=O) groups excluding carboxylic acids is 1. The van der Waals surface area contributed by atoms with Crippen LogP contribution in [0.4, 0.5) is 11.4 Å². The first-order valence-corrected chi connectivity index (χ1v) is 9.97. The first kappa shape index (κ1) is 16.6. The van der Waals surface area contributed by atoms with Crippen LogP contribution in [0, 0.1) is 0 Å². The Kier molecular flexibility index (Phi) is 3.92. The number of hydrogen-bond donors (Lipinski definition) is 2. The summed E-state index contributed by atoms with van der Waals surface area (Å²) in [6.07, 6.45) is 2.00. The van der Waals surface area contributed by atoms with Gasteiger partial charge < -0.3 is 5.32 Å². The quantitative estimate of drug-likeness (QED) is 0.712. The molecule has 0 fully saturated rings. The molecule has 5 nitrogen and oxygen atoms in total. The highest BCUT2D eigenvalue weighted by Gasteiger charge is 2.26. The van der Waals surface area contributed by atoms with Crippen LogP contribution >= 0.6 is 0 Å². The maximum atomic E-state index is 12.9. The number of amides is 1. The summed E-state index contributed by atoms with van der Waals surface area (Å²) in [5.74, 6) is -0.209. The van der Waals surface area contributed by atoms with Crippen molar-refractivity contribution >= 4 is 38.1 Å². The molecule has 0 aromatic heterocycles. The predicted octanol–water partition coefficient (Wildman–Crippen LogP) is 4.16. The summed E-state index contributed by atoms with van der Waals surface area (Å²) in [6, 6.07) is 15.7. The molecule has 0 unspecified atom stereocenters. The van der Waals surface area contributed by atoms with Crippen LogP contribution in [0.15, 0.2) is 59.5 Å². The van der Waals surface area contributed by atoms with Crippen LogP contribution in [0.2, 0.25) is 0 Å². The minimum atomic E-state index is -3.78.